The number of nitrogens with two attached hydrogens (primary N) is 1. The third-order valence-electron chi connectivity index (χ3n) is 3.55. The molecule has 1 fully saturated rings. The van der Waals surface area contributed by atoms with Gasteiger partial charge in [-0.25, -0.2) is 0 Å². The molecule has 1 saturated heterocycles. The van der Waals surface area contributed by atoms with Crippen LogP contribution in [-0.2, 0) is 4.79 Å². The van der Waals surface area contributed by atoms with Gasteiger partial charge in [-0.3, -0.25) is 4.79 Å². The van der Waals surface area contributed by atoms with Crippen LogP contribution in [0.5, 0.6) is 0 Å². The zero-order valence-electron chi connectivity index (χ0n) is 11.8. The minimum atomic E-state index is 0. The summed E-state index contributed by atoms with van der Waals surface area (Å²) in [7, 11) is 0. The Labute approximate surface area is 127 Å². The van der Waals surface area contributed by atoms with Crippen LogP contribution in [0.1, 0.15) is 30.9 Å². The van der Waals surface area contributed by atoms with Crippen LogP contribution >= 0.6 is 12.4 Å². The summed E-state index contributed by atoms with van der Waals surface area (Å²) in [6.45, 7) is 3.56. The number of rotatable bonds is 6. The average Bonchev–Trinajstić information content (AvgIpc) is 2.92. The maximum absolute atomic E-state index is 11.8. The molecule has 1 heterocycles. The molecule has 0 aliphatic carbocycles. The molecule has 4 nitrogen and oxygen atoms in total. The zero-order chi connectivity index (χ0) is 13.5. The van der Waals surface area contributed by atoms with Gasteiger partial charge >= 0.3 is 0 Å². The smallest absolute Gasteiger partial charge is 0.221 e. The highest BCUT2D eigenvalue weighted by Crippen LogP contribution is 2.17. The Hall–Kier alpha value is -1.10. The number of carbonyl (C=O) groups is 1. The van der Waals surface area contributed by atoms with Gasteiger partial charge in [-0.05, 0) is 31.5 Å². The van der Waals surface area contributed by atoms with Gasteiger partial charge in [0.05, 0.1) is 6.04 Å². The molecule has 1 aromatic rings. The summed E-state index contributed by atoms with van der Waals surface area (Å²) in [5.74, 6) is 0.0375. The quantitative estimate of drug-likeness (QED) is 0.840. The van der Waals surface area contributed by atoms with Crippen molar-refractivity contribution >= 4 is 18.3 Å². The first-order chi connectivity index (χ1) is 9.29. The summed E-state index contributed by atoms with van der Waals surface area (Å²) < 4.78 is 0. The van der Waals surface area contributed by atoms with E-state index in [4.69, 9.17) is 5.73 Å². The number of carbonyl (C=O) groups excluding carboxylic acids is 1. The van der Waals surface area contributed by atoms with Gasteiger partial charge in [0, 0.05) is 19.5 Å². The first-order valence-electron chi connectivity index (χ1n) is 7.06. The second-order valence-electron chi connectivity index (χ2n) is 5.08. The van der Waals surface area contributed by atoms with Crippen LogP contribution in [-0.4, -0.2) is 37.0 Å². The van der Waals surface area contributed by atoms with Crippen LogP contribution in [0.3, 0.4) is 0 Å². The number of halogens is 1. The van der Waals surface area contributed by atoms with Gasteiger partial charge < -0.3 is 16.0 Å². The van der Waals surface area contributed by atoms with E-state index in [0.717, 1.165) is 19.6 Å². The number of hydrogen-bond acceptors (Lipinski definition) is 3. The predicted octanol–water partition coefficient (Wildman–Crippen LogP) is 1.71. The molecule has 112 valence electrons. The molecule has 0 aromatic heterocycles. The number of amides is 1. The Kier molecular flexibility index (Phi) is 7.59. The molecule has 1 aliphatic heterocycles. The van der Waals surface area contributed by atoms with Crippen LogP contribution in [0, 0.1) is 0 Å². The van der Waals surface area contributed by atoms with Gasteiger partial charge in [0.15, 0.2) is 0 Å². The van der Waals surface area contributed by atoms with Crippen molar-refractivity contribution in [1.82, 2.24) is 10.2 Å². The molecule has 1 atom stereocenters. The number of hydrogen-bond donors (Lipinski definition) is 2. The van der Waals surface area contributed by atoms with E-state index in [0.29, 0.717) is 13.0 Å². The second-order valence-corrected chi connectivity index (χ2v) is 5.08. The lowest BCUT2D eigenvalue weighted by Gasteiger charge is -2.25. The van der Waals surface area contributed by atoms with E-state index in [1.54, 1.807) is 0 Å². The highest BCUT2D eigenvalue weighted by atomic mass is 35.5. The predicted molar refractivity (Wildman–Crippen MR) is 83.9 cm³/mol. The van der Waals surface area contributed by atoms with Crippen LogP contribution < -0.4 is 11.1 Å². The zero-order valence-corrected chi connectivity index (χ0v) is 12.6. The van der Waals surface area contributed by atoms with Gasteiger partial charge in [0.1, 0.15) is 0 Å². The van der Waals surface area contributed by atoms with Gasteiger partial charge in [-0.2, -0.15) is 0 Å². The van der Waals surface area contributed by atoms with E-state index >= 15 is 0 Å². The van der Waals surface area contributed by atoms with E-state index in [1.165, 1.54) is 18.4 Å². The summed E-state index contributed by atoms with van der Waals surface area (Å²) in [5, 5.41) is 3.10. The van der Waals surface area contributed by atoms with Crippen molar-refractivity contribution < 1.29 is 4.79 Å². The van der Waals surface area contributed by atoms with Crippen molar-refractivity contribution in [3.05, 3.63) is 35.9 Å². The Bertz CT molecular complexity index is 393. The number of nitrogens with zero attached hydrogens (tertiary/aromatic N) is 1. The lowest BCUT2D eigenvalue weighted by atomic mass is 10.1. The molecule has 20 heavy (non-hydrogen) atoms. The second kappa shape index (κ2) is 8.95. The largest absolute Gasteiger partial charge is 0.348 e. The molecule has 0 spiro atoms. The van der Waals surface area contributed by atoms with Crippen molar-refractivity contribution in [1.29, 1.82) is 0 Å². The van der Waals surface area contributed by atoms with Gasteiger partial charge in [-0.1, -0.05) is 30.3 Å². The standard InChI is InChI=1S/C15H23N3O.ClH/c16-9-8-15(19)17-14(12-18-10-4-5-11-18)13-6-2-1-3-7-13;/h1-3,6-7,14H,4-5,8-12,16H2,(H,17,19);1H. The lowest BCUT2D eigenvalue weighted by molar-refractivity contribution is -0.121. The topological polar surface area (TPSA) is 58.4 Å². The molecule has 1 unspecified atom stereocenters. The van der Waals surface area contributed by atoms with E-state index in [9.17, 15) is 4.79 Å². The number of nitrogens with one attached hydrogen (secondary N) is 1. The van der Waals surface area contributed by atoms with E-state index in [-0.39, 0.29) is 24.4 Å². The molecule has 0 radical (unpaired) electrons. The lowest BCUT2D eigenvalue weighted by Crippen LogP contribution is -2.37. The maximum Gasteiger partial charge on any atom is 0.221 e. The third-order valence-corrected chi connectivity index (χ3v) is 3.55. The summed E-state index contributed by atoms with van der Waals surface area (Å²) in [6.07, 6.45) is 2.92. The fourth-order valence-corrected chi connectivity index (χ4v) is 2.54. The Morgan fingerprint density at radius 3 is 2.50 bits per heavy atom. The van der Waals surface area contributed by atoms with Gasteiger partial charge in [0.25, 0.3) is 0 Å². The number of likely N-dealkylation sites (tertiary alicyclic amines) is 1. The molecule has 0 saturated carbocycles. The molecule has 1 amide bonds. The fourth-order valence-electron chi connectivity index (χ4n) is 2.54. The van der Waals surface area contributed by atoms with Crippen molar-refractivity contribution in [3.63, 3.8) is 0 Å². The molecular weight excluding hydrogens is 274 g/mol. The Morgan fingerprint density at radius 2 is 1.90 bits per heavy atom. The first kappa shape index (κ1) is 17.0. The molecule has 1 aromatic carbocycles. The molecule has 2 rings (SSSR count). The maximum atomic E-state index is 11.8. The third kappa shape index (κ3) is 5.12. The minimum Gasteiger partial charge on any atom is -0.348 e. The van der Waals surface area contributed by atoms with Crippen LogP contribution in [0.4, 0.5) is 0 Å². The number of benzene rings is 1. The molecule has 1 aliphatic rings. The fraction of sp³-hybridized carbons (Fsp3) is 0.533. The van der Waals surface area contributed by atoms with E-state index < -0.39 is 0 Å². The van der Waals surface area contributed by atoms with Crippen molar-refractivity contribution in [2.24, 2.45) is 5.73 Å². The highest BCUT2D eigenvalue weighted by molar-refractivity contribution is 5.85. The highest BCUT2D eigenvalue weighted by Gasteiger charge is 2.20. The van der Waals surface area contributed by atoms with E-state index in [1.807, 2.05) is 18.2 Å². The molecule has 5 heteroatoms. The normalized spacial score (nSPS) is 16.4. The Balaban J connectivity index is 0.00000200. The van der Waals surface area contributed by atoms with Crippen molar-refractivity contribution in [3.8, 4) is 0 Å². The van der Waals surface area contributed by atoms with Crippen LogP contribution in [0.25, 0.3) is 0 Å². The van der Waals surface area contributed by atoms with Gasteiger partial charge in [0.2, 0.25) is 5.91 Å². The van der Waals surface area contributed by atoms with E-state index in [2.05, 4.69) is 22.3 Å². The van der Waals surface area contributed by atoms with Crippen molar-refractivity contribution in [2.75, 3.05) is 26.2 Å². The van der Waals surface area contributed by atoms with Gasteiger partial charge in [-0.15, -0.1) is 12.4 Å². The summed E-state index contributed by atoms with van der Waals surface area (Å²) >= 11 is 0. The summed E-state index contributed by atoms with van der Waals surface area (Å²) in [5.41, 5.74) is 6.60. The molecular formula is C15H24ClN3O. The molecule has 3 N–H and O–H groups in total. The Morgan fingerprint density at radius 1 is 1.25 bits per heavy atom. The monoisotopic (exact) mass is 297 g/mol. The summed E-state index contributed by atoms with van der Waals surface area (Å²) in [4.78, 5) is 14.2. The minimum absolute atomic E-state index is 0. The summed E-state index contributed by atoms with van der Waals surface area (Å²) in [6, 6.07) is 10.2. The van der Waals surface area contributed by atoms with Crippen LogP contribution in [0.15, 0.2) is 30.3 Å². The van der Waals surface area contributed by atoms with Crippen LogP contribution in [0.2, 0.25) is 0 Å². The first-order valence-corrected chi connectivity index (χ1v) is 7.06. The molecule has 0 bridgehead atoms. The van der Waals surface area contributed by atoms with Crippen molar-refractivity contribution in [2.45, 2.75) is 25.3 Å². The SMILES string of the molecule is Cl.NCCC(=O)NC(CN1CCCC1)c1ccccc1. The average molecular weight is 298 g/mol.